The van der Waals surface area contributed by atoms with Gasteiger partial charge in [-0.15, -0.1) is 0 Å². The van der Waals surface area contributed by atoms with E-state index in [1.54, 1.807) is 33.2 Å². The van der Waals surface area contributed by atoms with Gasteiger partial charge in [0, 0.05) is 25.1 Å². The van der Waals surface area contributed by atoms with Gasteiger partial charge in [0.1, 0.15) is 0 Å². The molecule has 0 aliphatic heterocycles. The molecule has 1 aromatic rings. The Morgan fingerprint density at radius 1 is 1.26 bits per heavy atom. The smallest absolute Gasteiger partial charge is 0.236 e. The molecular weight excluding hydrogens is 312 g/mol. The number of halogens is 1. The van der Waals surface area contributed by atoms with Crippen LogP contribution in [0, 0.1) is 0 Å². The van der Waals surface area contributed by atoms with Crippen molar-refractivity contribution in [3.05, 3.63) is 22.2 Å². The number of carbonyl (C=O) groups excluding carboxylic acids is 1. The summed E-state index contributed by atoms with van der Waals surface area (Å²) < 4.78 is 11.4. The molecule has 6 heteroatoms. The minimum atomic E-state index is 0.0385. The van der Waals surface area contributed by atoms with E-state index in [0.717, 1.165) is 10.0 Å². The van der Waals surface area contributed by atoms with Crippen LogP contribution in [-0.4, -0.2) is 45.7 Å². The number of amides is 1. The first kappa shape index (κ1) is 15.8. The summed E-state index contributed by atoms with van der Waals surface area (Å²) in [5.41, 5.74) is 1.00. The molecule has 1 amide bonds. The highest BCUT2D eigenvalue weighted by atomic mass is 79.9. The maximum absolute atomic E-state index is 11.4. The lowest BCUT2D eigenvalue weighted by Gasteiger charge is -2.14. The van der Waals surface area contributed by atoms with E-state index in [9.17, 15) is 4.79 Å². The summed E-state index contributed by atoms with van der Waals surface area (Å²) in [5, 5.41) is 3.09. The largest absolute Gasteiger partial charge is 0.493 e. The number of methoxy groups -OCH3 is 2. The topological polar surface area (TPSA) is 50.8 Å². The Bertz CT molecular complexity index is 450. The first-order valence-corrected chi connectivity index (χ1v) is 6.60. The van der Waals surface area contributed by atoms with Gasteiger partial charge >= 0.3 is 0 Å². The van der Waals surface area contributed by atoms with Crippen molar-refractivity contribution in [3.63, 3.8) is 0 Å². The van der Waals surface area contributed by atoms with E-state index in [1.807, 2.05) is 12.1 Å². The molecule has 0 heterocycles. The van der Waals surface area contributed by atoms with Crippen molar-refractivity contribution in [3.8, 4) is 11.5 Å². The fraction of sp³-hybridized carbons (Fsp3) is 0.462. The molecule has 0 bridgehead atoms. The fourth-order valence-electron chi connectivity index (χ4n) is 1.49. The van der Waals surface area contributed by atoms with Crippen LogP contribution in [0.25, 0.3) is 0 Å². The molecule has 0 atom stereocenters. The van der Waals surface area contributed by atoms with Gasteiger partial charge in [-0.3, -0.25) is 4.79 Å². The number of ether oxygens (including phenoxy) is 2. The van der Waals surface area contributed by atoms with Crippen molar-refractivity contribution in [2.45, 2.75) is 6.54 Å². The number of hydrogen-bond donors (Lipinski definition) is 1. The second-order valence-electron chi connectivity index (χ2n) is 4.19. The molecule has 0 saturated carbocycles. The van der Waals surface area contributed by atoms with Crippen LogP contribution in [-0.2, 0) is 11.3 Å². The minimum Gasteiger partial charge on any atom is -0.493 e. The zero-order chi connectivity index (χ0) is 14.4. The Kier molecular flexibility index (Phi) is 6.11. The predicted octanol–water partition coefficient (Wildman–Crippen LogP) is 1.64. The molecule has 1 aromatic carbocycles. The van der Waals surface area contributed by atoms with E-state index in [4.69, 9.17) is 9.47 Å². The van der Waals surface area contributed by atoms with Crippen LogP contribution in [0.5, 0.6) is 11.5 Å². The molecule has 0 unspecified atom stereocenters. The summed E-state index contributed by atoms with van der Waals surface area (Å²) in [4.78, 5) is 13.0. The molecule has 1 N–H and O–H groups in total. The maximum Gasteiger partial charge on any atom is 0.236 e. The predicted molar refractivity (Wildman–Crippen MR) is 77.6 cm³/mol. The molecule has 0 fully saturated rings. The number of carbonyl (C=O) groups is 1. The Morgan fingerprint density at radius 2 is 1.84 bits per heavy atom. The first-order valence-electron chi connectivity index (χ1n) is 5.80. The standard InChI is InChI=1S/C13H19BrN2O3/c1-16(2)13(17)8-15-7-9-5-11(18-3)12(19-4)6-10(9)14/h5-6,15H,7-8H2,1-4H3. The highest BCUT2D eigenvalue weighted by Gasteiger charge is 2.10. The van der Waals surface area contributed by atoms with Crippen LogP contribution in [0.3, 0.4) is 0 Å². The second-order valence-corrected chi connectivity index (χ2v) is 5.04. The van der Waals surface area contributed by atoms with Gasteiger partial charge in [0.15, 0.2) is 11.5 Å². The van der Waals surface area contributed by atoms with Crippen molar-refractivity contribution >= 4 is 21.8 Å². The molecule has 0 spiro atoms. The Labute approximate surface area is 122 Å². The zero-order valence-electron chi connectivity index (χ0n) is 11.6. The Balaban J connectivity index is 2.71. The summed E-state index contributed by atoms with van der Waals surface area (Å²) in [6.45, 7) is 0.869. The molecule has 106 valence electrons. The lowest BCUT2D eigenvalue weighted by Crippen LogP contribution is -2.32. The number of rotatable bonds is 6. The van der Waals surface area contributed by atoms with Gasteiger partial charge in [-0.05, 0) is 17.7 Å². The van der Waals surface area contributed by atoms with Crippen molar-refractivity contribution < 1.29 is 14.3 Å². The van der Waals surface area contributed by atoms with Crippen molar-refractivity contribution in [1.82, 2.24) is 10.2 Å². The third-order valence-electron chi connectivity index (χ3n) is 2.64. The van der Waals surface area contributed by atoms with Crippen LogP contribution in [0.2, 0.25) is 0 Å². The van der Waals surface area contributed by atoms with E-state index in [2.05, 4.69) is 21.2 Å². The average Bonchev–Trinajstić information content (AvgIpc) is 2.39. The summed E-state index contributed by atoms with van der Waals surface area (Å²) in [7, 11) is 6.66. The van der Waals surface area contributed by atoms with Gasteiger partial charge < -0.3 is 19.7 Å². The van der Waals surface area contributed by atoms with E-state index in [0.29, 0.717) is 24.6 Å². The summed E-state index contributed by atoms with van der Waals surface area (Å²) in [6.07, 6.45) is 0. The zero-order valence-corrected chi connectivity index (χ0v) is 13.2. The maximum atomic E-state index is 11.4. The molecule has 0 aliphatic rings. The molecule has 0 aromatic heterocycles. The highest BCUT2D eigenvalue weighted by Crippen LogP contribution is 2.33. The third kappa shape index (κ3) is 4.40. The molecule has 19 heavy (non-hydrogen) atoms. The van der Waals surface area contributed by atoms with Crippen LogP contribution in [0.1, 0.15) is 5.56 Å². The number of nitrogens with zero attached hydrogens (tertiary/aromatic N) is 1. The minimum absolute atomic E-state index is 0.0385. The van der Waals surface area contributed by atoms with Gasteiger partial charge in [0.25, 0.3) is 0 Å². The quantitative estimate of drug-likeness (QED) is 0.861. The first-order chi connectivity index (χ1) is 8.99. The molecule has 0 aliphatic carbocycles. The van der Waals surface area contributed by atoms with E-state index >= 15 is 0 Å². The van der Waals surface area contributed by atoms with Crippen LogP contribution in [0.4, 0.5) is 0 Å². The lowest BCUT2D eigenvalue weighted by atomic mass is 10.2. The van der Waals surface area contributed by atoms with Gasteiger partial charge in [0.05, 0.1) is 20.8 Å². The van der Waals surface area contributed by atoms with Gasteiger partial charge in [-0.2, -0.15) is 0 Å². The normalized spacial score (nSPS) is 10.2. The van der Waals surface area contributed by atoms with Crippen LogP contribution in [0.15, 0.2) is 16.6 Å². The highest BCUT2D eigenvalue weighted by molar-refractivity contribution is 9.10. The van der Waals surface area contributed by atoms with Crippen LogP contribution < -0.4 is 14.8 Å². The van der Waals surface area contributed by atoms with E-state index < -0.39 is 0 Å². The monoisotopic (exact) mass is 330 g/mol. The Hall–Kier alpha value is -1.27. The Morgan fingerprint density at radius 3 is 2.37 bits per heavy atom. The van der Waals surface area contributed by atoms with Gasteiger partial charge in [-0.1, -0.05) is 15.9 Å². The average molecular weight is 331 g/mol. The number of hydrogen-bond acceptors (Lipinski definition) is 4. The van der Waals surface area contributed by atoms with Crippen molar-refractivity contribution in [2.75, 3.05) is 34.9 Å². The van der Waals surface area contributed by atoms with E-state index in [1.165, 1.54) is 0 Å². The third-order valence-corrected chi connectivity index (χ3v) is 3.38. The molecular formula is C13H19BrN2O3. The second kappa shape index (κ2) is 7.35. The lowest BCUT2D eigenvalue weighted by molar-refractivity contribution is -0.127. The molecule has 5 nitrogen and oxygen atoms in total. The van der Waals surface area contributed by atoms with Gasteiger partial charge in [0.2, 0.25) is 5.91 Å². The number of benzene rings is 1. The number of nitrogens with one attached hydrogen (secondary N) is 1. The van der Waals surface area contributed by atoms with Gasteiger partial charge in [-0.25, -0.2) is 0 Å². The summed E-state index contributed by atoms with van der Waals surface area (Å²) >= 11 is 3.48. The summed E-state index contributed by atoms with van der Waals surface area (Å²) in [6, 6.07) is 3.74. The van der Waals surface area contributed by atoms with Crippen LogP contribution >= 0.6 is 15.9 Å². The van der Waals surface area contributed by atoms with Crippen molar-refractivity contribution in [1.29, 1.82) is 0 Å². The molecule has 0 radical (unpaired) electrons. The fourth-order valence-corrected chi connectivity index (χ4v) is 1.96. The number of likely N-dealkylation sites (N-methyl/N-ethyl adjacent to an activating group) is 1. The molecule has 0 saturated heterocycles. The summed E-state index contributed by atoms with van der Waals surface area (Å²) in [5.74, 6) is 1.38. The van der Waals surface area contributed by atoms with Crippen molar-refractivity contribution in [2.24, 2.45) is 0 Å². The van der Waals surface area contributed by atoms with E-state index in [-0.39, 0.29) is 5.91 Å². The molecule has 1 rings (SSSR count). The SMILES string of the molecule is COc1cc(Br)c(CNCC(=O)N(C)C)cc1OC.